The molecule has 0 aliphatic heterocycles. The number of rotatable bonds is 3. The first-order valence-corrected chi connectivity index (χ1v) is 18.0. The van der Waals surface area contributed by atoms with Gasteiger partial charge in [0.2, 0.25) is 0 Å². The Kier molecular flexibility index (Phi) is 6.09. The van der Waals surface area contributed by atoms with Gasteiger partial charge in [-0.25, -0.2) is 4.99 Å². The van der Waals surface area contributed by atoms with Crippen LogP contribution in [0.4, 0.5) is 5.69 Å². The van der Waals surface area contributed by atoms with Gasteiger partial charge in [-0.15, -0.1) is 0 Å². The highest BCUT2D eigenvalue weighted by Gasteiger charge is 2.25. The van der Waals surface area contributed by atoms with Gasteiger partial charge in [0.05, 0.1) is 33.3 Å². The summed E-state index contributed by atoms with van der Waals surface area (Å²) in [4.78, 5) is 5.51. The van der Waals surface area contributed by atoms with E-state index in [1.807, 2.05) is 0 Å². The normalized spacial score (nSPS) is 13.0. The van der Waals surface area contributed by atoms with Crippen molar-refractivity contribution in [3.8, 4) is 0 Å². The SMILES string of the molecule is C/C=C(/c1ccc2ccccc2c1)c1ccccc1N=C(C)n1c2ccc3ccccc3c2c2c3c4ccccc4n4c5ccccc5c(cc21)c34. The van der Waals surface area contributed by atoms with E-state index in [-0.39, 0.29) is 0 Å². The van der Waals surface area contributed by atoms with Crippen molar-refractivity contribution in [3.05, 3.63) is 175 Å². The highest BCUT2D eigenvalue weighted by atomic mass is 15.1. The van der Waals surface area contributed by atoms with E-state index in [0.717, 1.165) is 22.6 Å². The minimum Gasteiger partial charge on any atom is -0.308 e. The Balaban J connectivity index is 1.24. The molecule has 52 heavy (non-hydrogen) atoms. The summed E-state index contributed by atoms with van der Waals surface area (Å²) in [6.07, 6.45) is 2.21. The Morgan fingerprint density at radius 1 is 0.500 bits per heavy atom. The molecule has 8 aromatic carbocycles. The van der Waals surface area contributed by atoms with Crippen molar-refractivity contribution in [3.63, 3.8) is 0 Å². The summed E-state index contributed by atoms with van der Waals surface area (Å²) in [5, 5.41) is 12.6. The summed E-state index contributed by atoms with van der Waals surface area (Å²) in [6, 6.07) is 57.3. The molecule has 0 unspecified atom stereocenters. The van der Waals surface area contributed by atoms with E-state index in [4.69, 9.17) is 4.99 Å². The number of hydrogen-bond donors (Lipinski definition) is 0. The predicted octanol–water partition coefficient (Wildman–Crippen LogP) is 13.3. The molecule has 0 fully saturated rings. The lowest BCUT2D eigenvalue weighted by atomic mass is 9.94. The Morgan fingerprint density at radius 3 is 1.98 bits per heavy atom. The van der Waals surface area contributed by atoms with E-state index in [9.17, 15) is 0 Å². The fourth-order valence-corrected chi connectivity index (χ4v) is 8.98. The van der Waals surface area contributed by atoms with Gasteiger partial charge in [-0.2, -0.15) is 0 Å². The molecule has 0 aliphatic rings. The molecule has 0 saturated heterocycles. The van der Waals surface area contributed by atoms with Crippen LogP contribution in [0.2, 0.25) is 0 Å². The van der Waals surface area contributed by atoms with Crippen molar-refractivity contribution >= 4 is 98.5 Å². The molecule has 244 valence electrons. The Bertz CT molecular complexity index is 3310. The van der Waals surface area contributed by atoms with Gasteiger partial charge in [0.25, 0.3) is 0 Å². The average Bonchev–Trinajstić information content (AvgIpc) is 3.83. The van der Waals surface area contributed by atoms with Crippen LogP contribution in [0.25, 0.3) is 87.0 Å². The predicted molar refractivity (Wildman–Crippen MR) is 223 cm³/mol. The van der Waals surface area contributed by atoms with Gasteiger partial charge in [0.15, 0.2) is 0 Å². The third-order valence-corrected chi connectivity index (χ3v) is 11.1. The number of nitrogens with zero attached hydrogens (tertiary/aromatic N) is 3. The third kappa shape index (κ3) is 3.93. The minimum absolute atomic E-state index is 0.929. The summed E-state index contributed by atoms with van der Waals surface area (Å²) in [5.41, 5.74) is 10.5. The molecule has 3 heteroatoms. The first kappa shape index (κ1) is 29.1. The van der Waals surface area contributed by atoms with Gasteiger partial charge in [-0.1, -0.05) is 127 Å². The van der Waals surface area contributed by atoms with Crippen LogP contribution in [0.1, 0.15) is 25.0 Å². The number of aliphatic imine (C=N–C) groups is 1. The zero-order chi connectivity index (χ0) is 34.5. The topological polar surface area (TPSA) is 21.7 Å². The summed E-state index contributed by atoms with van der Waals surface area (Å²) in [7, 11) is 0. The van der Waals surface area contributed by atoms with E-state index in [0.29, 0.717) is 0 Å². The fraction of sp³-hybridized carbons (Fsp3) is 0.0408. The lowest BCUT2D eigenvalue weighted by Crippen LogP contribution is -2.07. The average molecular weight is 664 g/mol. The molecule has 3 heterocycles. The van der Waals surface area contributed by atoms with Gasteiger partial charge < -0.3 is 4.40 Å². The number of benzene rings is 8. The monoisotopic (exact) mass is 663 g/mol. The van der Waals surface area contributed by atoms with Crippen molar-refractivity contribution in [1.29, 1.82) is 0 Å². The van der Waals surface area contributed by atoms with Crippen LogP contribution in [-0.2, 0) is 0 Å². The zero-order valence-corrected chi connectivity index (χ0v) is 28.9. The van der Waals surface area contributed by atoms with Crippen molar-refractivity contribution in [2.75, 3.05) is 0 Å². The molecular weight excluding hydrogens is 631 g/mol. The summed E-state index contributed by atoms with van der Waals surface area (Å²) < 4.78 is 4.88. The highest BCUT2D eigenvalue weighted by Crippen LogP contribution is 2.47. The number of aromatic nitrogens is 2. The maximum atomic E-state index is 5.51. The van der Waals surface area contributed by atoms with Gasteiger partial charge in [0, 0.05) is 37.9 Å². The molecule has 0 saturated carbocycles. The molecule has 0 amide bonds. The molecule has 0 atom stereocenters. The van der Waals surface area contributed by atoms with Crippen LogP contribution in [0.5, 0.6) is 0 Å². The maximum Gasteiger partial charge on any atom is 0.111 e. The second kappa shape index (κ2) is 10.9. The highest BCUT2D eigenvalue weighted by molar-refractivity contribution is 6.39. The Hall–Kier alpha value is -6.71. The maximum absolute atomic E-state index is 5.51. The molecule has 0 aliphatic carbocycles. The van der Waals surface area contributed by atoms with E-state index in [1.54, 1.807) is 0 Å². The smallest absolute Gasteiger partial charge is 0.111 e. The molecule has 3 nitrogen and oxygen atoms in total. The van der Waals surface area contributed by atoms with E-state index >= 15 is 0 Å². The molecule has 0 spiro atoms. The number of allylic oxidation sites excluding steroid dienone is 1. The quantitative estimate of drug-likeness (QED) is 0.133. The zero-order valence-electron chi connectivity index (χ0n) is 28.9. The first-order valence-electron chi connectivity index (χ1n) is 18.0. The minimum atomic E-state index is 0.929. The molecule has 0 radical (unpaired) electrons. The van der Waals surface area contributed by atoms with Crippen molar-refractivity contribution < 1.29 is 0 Å². The number of fused-ring (bicyclic) bond motifs is 13. The lowest BCUT2D eigenvalue weighted by molar-refractivity contribution is 1.24. The molecule has 11 aromatic rings. The number of para-hydroxylation sites is 3. The lowest BCUT2D eigenvalue weighted by Gasteiger charge is -2.14. The largest absolute Gasteiger partial charge is 0.308 e. The molecule has 0 bridgehead atoms. The van der Waals surface area contributed by atoms with Crippen LogP contribution in [0.3, 0.4) is 0 Å². The summed E-state index contributed by atoms with van der Waals surface area (Å²) in [5.74, 6) is 0.929. The van der Waals surface area contributed by atoms with Crippen molar-refractivity contribution in [2.24, 2.45) is 4.99 Å². The van der Waals surface area contributed by atoms with E-state index in [2.05, 4.69) is 187 Å². The second-order valence-electron chi connectivity index (χ2n) is 13.9. The Morgan fingerprint density at radius 2 is 1.15 bits per heavy atom. The van der Waals surface area contributed by atoms with E-state index < -0.39 is 0 Å². The van der Waals surface area contributed by atoms with Crippen LogP contribution in [0.15, 0.2) is 169 Å². The number of hydrogen-bond acceptors (Lipinski definition) is 1. The summed E-state index contributed by atoms with van der Waals surface area (Å²) >= 11 is 0. The second-order valence-corrected chi connectivity index (χ2v) is 13.9. The van der Waals surface area contributed by atoms with Gasteiger partial charge in [0.1, 0.15) is 5.84 Å². The van der Waals surface area contributed by atoms with Crippen LogP contribution >= 0.6 is 0 Å². The third-order valence-electron chi connectivity index (χ3n) is 11.1. The molecule has 3 aromatic heterocycles. The van der Waals surface area contributed by atoms with Gasteiger partial charge in [-0.3, -0.25) is 4.57 Å². The molecule has 0 N–H and O–H groups in total. The van der Waals surface area contributed by atoms with E-state index in [1.165, 1.54) is 87.1 Å². The fourth-order valence-electron chi connectivity index (χ4n) is 8.98. The first-order chi connectivity index (χ1) is 25.7. The standard InChI is InChI=1S/C49H33N3/c1-3-35(34-25-24-31-14-4-5-16-33(31)28-34)37-18-8-11-21-41(37)50-30(2)51-44-27-26-32-15-6-7-17-36(32)46(44)48-45(51)29-40-38-19-9-12-22-42(38)52-43-23-13-10-20-39(43)47(48)49(40)52/h3-29H,1-2H3/b35-3-,50-30?. The van der Waals surface area contributed by atoms with Gasteiger partial charge >= 0.3 is 0 Å². The summed E-state index contributed by atoms with van der Waals surface area (Å²) in [6.45, 7) is 4.29. The van der Waals surface area contributed by atoms with Crippen LogP contribution < -0.4 is 0 Å². The molecular formula is C49H33N3. The van der Waals surface area contributed by atoms with Crippen LogP contribution in [0, 0.1) is 0 Å². The van der Waals surface area contributed by atoms with Crippen LogP contribution in [-0.4, -0.2) is 14.8 Å². The van der Waals surface area contributed by atoms with Gasteiger partial charge in [-0.05, 0) is 82.9 Å². The van der Waals surface area contributed by atoms with Crippen molar-refractivity contribution in [1.82, 2.24) is 8.97 Å². The molecule has 11 rings (SSSR count). The Labute approximate surface area is 300 Å². The van der Waals surface area contributed by atoms with Crippen molar-refractivity contribution in [2.45, 2.75) is 13.8 Å².